The molecular formula is C31H29N5O3. The summed E-state index contributed by atoms with van der Waals surface area (Å²) in [6.07, 6.45) is 0. The summed E-state index contributed by atoms with van der Waals surface area (Å²) in [6.45, 7) is 2.58. The summed E-state index contributed by atoms with van der Waals surface area (Å²) in [7, 11) is 3.32. The molecule has 0 saturated carbocycles. The van der Waals surface area contributed by atoms with Crippen LogP contribution in [-0.2, 0) is 0 Å². The Morgan fingerprint density at radius 3 is 2.18 bits per heavy atom. The van der Waals surface area contributed by atoms with Gasteiger partial charge in [-0.25, -0.2) is 9.50 Å². The fraction of sp³-hybridized carbons (Fsp3) is 0.194. The molecule has 1 amide bonds. The zero-order chi connectivity index (χ0) is 26.8. The number of methoxy groups -OCH3 is 2. The number of amides is 1. The van der Waals surface area contributed by atoms with Crippen LogP contribution in [0.1, 0.15) is 10.5 Å². The van der Waals surface area contributed by atoms with Crippen LogP contribution in [0, 0.1) is 0 Å². The molecule has 1 fully saturated rings. The molecule has 3 aromatic carbocycles. The van der Waals surface area contributed by atoms with Gasteiger partial charge in [0.25, 0.3) is 5.91 Å². The zero-order valence-corrected chi connectivity index (χ0v) is 21.9. The summed E-state index contributed by atoms with van der Waals surface area (Å²) in [5.74, 6) is 1.43. The van der Waals surface area contributed by atoms with Crippen molar-refractivity contribution in [1.82, 2.24) is 19.5 Å². The van der Waals surface area contributed by atoms with Crippen LogP contribution in [0.4, 0.5) is 5.69 Å². The van der Waals surface area contributed by atoms with E-state index in [9.17, 15) is 4.79 Å². The predicted octanol–water partition coefficient (Wildman–Crippen LogP) is 5.04. The smallest absolute Gasteiger partial charge is 0.272 e. The van der Waals surface area contributed by atoms with Gasteiger partial charge in [0.15, 0.2) is 5.65 Å². The van der Waals surface area contributed by atoms with Gasteiger partial charge in [0.1, 0.15) is 17.2 Å². The fourth-order valence-electron chi connectivity index (χ4n) is 5.09. The number of benzene rings is 3. The van der Waals surface area contributed by atoms with Gasteiger partial charge < -0.3 is 19.3 Å². The van der Waals surface area contributed by atoms with Gasteiger partial charge in [-0.2, -0.15) is 5.10 Å². The lowest BCUT2D eigenvalue weighted by atomic mass is 10.1. The topological polar surface area (TPSA) is 72.2 Å². The maximum atomic E-state index is 13.8. The lowest BCUT2D eigenvalue weighted by molar-refractivity contribution is 0.0741. The van der Waals surface area contributed by atoms with E-state index >= 15 is 0 Å². The van der Waals surface area contributed by atoms with Crippen molar-refractivity contribution in [3.05, 3.63) is 96.7 Å². The first-order valence-electron chi connectivity index (χ1n) is 12.9. The van der Waals surface area contributed by atoms with Crippen LogP contribution in [0.3, 0.4) is 0 Å². The number of para-hydroxylation sites is 3. The van der Waals surface area contributed by atoms with Gasteiger partial charge in [-0.3, -0.25) is 4.79 Å². The summed E-state index contributed by atoms with van der Waals surface area (Å²) in [6, 6.07) is 29.4. The molecule has 0 aliphatic carbocycles. The Labute approximate surface area is 227 Å². The van der Waals surface area contributed by atoms with Gasteiger partial charge in [0.2, 0.25) is 0 Å². The predicted molar refractivity (Wildman–Crippen MR) is 152 cm³/mol. The van der Waals surface area contributed by atoms with Crippen LogP contribution in [0.25, 0.3) is 28.2 Å². The molecule has 0 atom stereocenters. The summed E-state index contributed by atoms with van der Waals surface area (Å²) < 4.78 is 13.0. The number of hydrogen-bond acceptors (Lipinski definition) is 6. The fourth-order valence-corrected chi connectivity index (χ4v) is 5.09. The minimum absolute atomic E-state index is 0.101. The van der Waals surface area contributed by atoms with E-state index in [1.807, 2.05) is 89.8 Å². The molecule has 196 valence electrons. The summed E-state index contributed by atoms with van der Waals surface area (Å²) in [5.41, 5.74) is 5.38. The largest absolute Gasteiger partial charge is 0.496 e. The SMILES string of the molecule is COc1ccccc1-c1cc(C(=O)N2CCN(c3ccccc3OC)CC2)nc2cc(-c3ccccc3)nn12. The molecular weight excluding hydrogens is 490 g/mol. The van der Waals surface area contributed by atoms with Crippen molar-refractivity contribution in [3.63, 3.8) is 0 Å². The first-order chi connectivity index (χ1) is 19.2. The van der Waals surface area contributed by atoms with E-state index in [4.69, 9.17) is 19.6 Å². The van der Waals surface area contributed by atoms with E-state index < -0.39 is 0 Å². The quantitative estimate of drug-likeness (QED) is 0.313. The monoisotopic (exact) mass is 519 g/mol. The van der Waals surface area contributed by atoms with Gasteiger partial charge in [0, 0.05) is 43.4 Å². The van der Waals surface area contributed by atoms with Gasteiger partial charge >= 0.3 is 0 Å². The van der Waals surface area contributed by atoms with Crippen molar-refractivity contribution < 1.29 is 14.3 Å². The van der Waals surface area contributed by atoms with Crippen molar-refractivity contribution in [2.75, 3.05) is 45.3 Å². The van der Waals surface area contributed by atoms with Gasteiger partial charge in [0.05, 0.1) is 31.3 Å². The van der Waals surface area contributed by atoms with Crippen LogP contribution in [-0.4, -0.2) is 65.8 Å². The van der Waals surface area contributed by atoms with Gasteiger partial charge in [-0.05, 0) is 30.3 Å². The van der Waals surface area contributed by atoms with Crippen LogP contribution >= 0.6 is 0 Å². The molecule has 0 N–H and O–H groups in total. The normalized spacial score (nSPS) is 13.5. The highest BCUT2D eigenvalue weighted by molar-refractivity contribution is 5.94. The van der Waals surface area contributed by atoms with Crippen molar-refractivity contribution in [2.24, 2.45) is 0 Å². The third-order valence-corrected chi connectivity index (χ3v) is 7.09. The van der Waals surface area contributed by atoms with Crippen LogP contribution in [0.2, 0.25) is 0 Å². The van der Waals surface area contributed by atoms with Gasteiger partial charge in [-0.15, -0.1) is 0 Å². The average molecular weight is 520 g/mol. The molecule has 1 aliphatic rings. The minimum Gasteiger partial charge on any atom is -0.496 e. The second-order valence-electron chi connectivity index (χ2n) is 9.34. The number of carbonyl (C=O) groups is 1. The Morgan fingerprint density at radius 1 is 0.769 bits per heavy atom. The molecule has 2 aromatic heterocycles. The lowest BCUT2D eigenvalue weighted by Crippen LogP contribution is -2.49. The van der Waals surface area contributed by atoms with Crippen molar-refractivity contribution >= 4 is 17.2 Å². The molecule has 0 bridgehead atoms. The number of piperazine rings is 1. The number of nitrogens with zero attached hydrogens (tertiary/aromatic N) is 5. The summed E-state index contributed by atoms with van der Waals surface area (Å²) in [4.78, 5) is 22.7. The molecule has 0 unspecified atom stereocenters. The molecule has 0 radical (unpaired) electrons. The maximum absolute atomic E-state index is 13.8. The highest BCUT2D eigenvalue weighted by Gasteiger charge is 2.26. The highest BCUT2D eigenvalue weighted by Crippen LogP contribution is 2.32. The average Bonchev–Trinajstić information content (AvgIpc) is 3.45. The highest BCUT2D eigenvalue weighted by atomic mass is 16.5. The van der Waals surface area contributed by atoms with E-state index in [0.29, 0.717) is 43.3 Å². The number of aromatic nitrogens is 3. The molecule has 6 rings (SSSR count). The summed E-state index contributed by atoms with van der Waals surface area (Å²) in [5, 5.41) is 4.86. The van der Waals surface area contributed by atoms with Crippen molar-refractivity contribution in [1.29, 1.82) is 0 Å². The Morgan fingerprint density at radius 2 is 1.44 bits per heavy atom. The first-order valence-corrected chi connectivity index (χ1v) is 12.9. The van der Waals surface area contributed by atoms with E-state index in [-0.39, 0.29) is 5.91 Å². The van der Waals surface area contributed by atoms with E-state index in [1.165, 1.54) is 0 Å². The van der Waals surface area contributed by atoms with Crippen LogP contribution in [0.15, 0.2) is 91.0 Å². The lowest BCUT2D eigenvalue weighted by Gasteiger charge is -2.36. The van der Waals surface area contributed by atoms with Gasteiger partial charge in [-0.1, -0.05) is 54.6 Å². The Kier molecular flexibility index (Phi) is 6.59. The standard InChI is InChI=1S/C31H29N5O3/c1-38-28-14-8-6-12-23(28)27-20-25(32-30-21-24(33-36(27)30)22-10-4-3-5-11-22)31(37)35-18-16-34(17-19-35)26-13-7-9-15-29(26)39-2/h3-15,20-21H,16-19H2,1-2H3. The number of fused-ring (bicyclic) bond motifs is 1. The Hall–Kier alpha value is -4.85. The second-order valence-corrected chi connectivity index (χ2v) is 9.34. The number of carbonyl (C=O) groups excluding carboxylic acids is 1. The maximum Gasteiger partial charge on any atom is 0.272 e. The Balaban J connectivity index is 1.35. The zero-order valence-electron chi connectivity index (χ0n) is 21.9. The van der Waals surface area contributed by atoms with Crippen molar-refractivity contribution in [2.45, 2.75) is 0 Å². The first kappa shape index (κ1) is 24.5. The summed E-state index contributed by atoms with van der Waals surface area (Å²) >= 11 is 0. The molecule has 8 heteroatoms. The minimum atomic E-state index is -0.101. The molecule has 5 aromatic rings. The second kappa shape index (κ2) is 10.5. The van der Waals surface area contributed by atoms with E-state index in [1.54, 1.807) is 18.7 Å². The number of hydrogen-bond donors (Lipinski definition) is 0. The number of anilines is 1. The van der Waals surface area contributed by atoms with Crippen LogP contribution < -0.4 is 14.4 Å². The third kappa shape index (κ3) is 4.65. The van der Waals surface area contributed by atoms with Crippen LogP contribution in [0.5, 0.6) is 11.5 Å². The van der Waals surface area contributed by atoms with E-state index in [2.05, 4.69) is 11.0 Å². The molecule has 8 nitrogen and oxygen atoms in total. The van der Waals surface area contributed by atoms with Crippen molar-refractivity contribution in [3.8, 4) is 34.0 Å². The molecule has 3 heterocycles. The number of rotatable bonds is 6. The Bertz CT molecular complexity index is 1620. The molecule has 1 aliphatic heterocycles. The molecule has 1 saturated heterocycles. The third-order valence-electron chi connectivity index (χ3n) is 7.09. The van der Waals surface area contributed by atoms with E-state index in [0.717, 1.165) is 34.0 Å². The number of ether oxygens (including phenoxy) is 2. The molecule has 0 spiro atoms. The molecule has 39 heavy (non-hydrogen) atoms.